The van der Waals surface area contributed by atoms with Crippen LogP contribution in [0, 0.1) is 5.92 Å². The van der Waals surface area contributed by atoms with E-state index >= 15 is 0 Å². The van der Waals surface area contributed by atoms with E-state index in [9.17, 15) is 5.11 Å². The molecule has 3 N–H and O–H groups in total. The predicted molar refractivity (Wildman–Crippen MR) is 69.9 cm³/mol. The third-order valence-corrected chi connectivity index (χ3v) is 4.52. The van der Waals surface area contributed by atoms with Crippen LogP contribution in [-0.2, 0) is 0 Å². The monoisotopic (exact) mass is 241 g/mol. The van der Waals surface area contributed by atoms with Gasteiger partial charge < -0.3 is 15.7 Å². The average Bonchev–Trinajstić information content (AvgIpc) is 3.16. The van der Waals surface area contributed by atoms with Gasteiger partial charge in [0, 0.05) is 38.8 Å². The summed E-state index contributed by atoms with van der Waals surface area (Å²) in [7, 11) is 2.20. The minimum Gasteiger partial charge on any atom is -0.387 e. The number of piperazine rings is 1. The number of nitrogens with two attached hydrogens (primary N) is 1. The van der Waals surface area contributed by atoms with Crippen LogP contribution in [0.5, 0.6) is 0 Å². The van der Waals surface area contributed by atoms with Gasteiger partial charge in [0.1, 0.15) is 0 Å². The van der Waals surface area contributed by atoms with Crippen LogP contribution in [0.4, 0.5) is 0 Å². The molecule has 0 bridgehead atoms. The molecule has 0 amide bonds. The highest BCUT2D eigenvalue weighted by molar-refractivity contribution is 4.98. The van der Waals surface area contributed by atoms with E-state index in [2.05, 4.69) is 23.8 Å². The van der Waals surface area contributed by atoms with Gasteiger partial charge in [-0.2, -0.15) is 0 Å². The van der Waals surface area contributed by atoms with Crippen LogP contribution in [0.25, 0.3) is 0 Å². The van der Waals surface area contributed by atoms with Gasteiger partial charge in [-0.15, -0.1) is 0 Å². The fraction of sp³-hybridized carbons (Fsp3) is 1.00. The molecule has 2 aliphatic rings. The van der Waals surface area contributed by atoms with Gasteiger partial charge in [0.25, 0.3) is 0 Å². The first-order valence-corrected chi connectivity index (χ1v) is 6.94. The molecule has 17 heavy (non-hydrogen) atoms. The lowest BCUT2D eigenvalue weighted by atomic mass is 9.96. The van der Waals surface area contributed by atoms with Gasteiger partial charge in [-0.1, -0.05) is 6.92 Å². The molecule has 0 radical (unpaired) electrons. The van der Waals surface area contributed by atoms with Gasteiger partial charge in [-0.25, -0.2) is 0 Å². The summed E-state index contributed by atoms with van der Waals surface area (Å²) in [5.41, 5.74) is 5.14. The van der Waals surface area contributed by atoms with Gasteiger partial charge in [-0.05, 0) is 32.2 Å². The van der Waals surface area contributed by atoms with Gasteiger partial charge in [-0.3, -0.25) is 4.90 Å². The Morgan fingerprint density at radius 3 is 2.59 bits per heavy atom. The van der Waals surface area contributed by atoms with Crippen molar-refractivity contribution in [1.29, 1.82) is 0 Å². The Balaban J connectivity index is 1.90. The highest BCUT2D eigenvalue weighted by atomic mass is 16.3. The van der Waals surface area contributed by atoms with Crippen molar-refractivity contribution in [2.24, 2.45) is 11.7 Å². The zero-order valence-corrected chi connectivity index (χ0v) is 11.2. The molecule has 1 heterocycles. The Labute approximate surface area is 105 Å². The Morgan fingerprint density at radius 1 is 1.35 bits per heavy atom. The number of rotatable bonds is 5. The molecule has 4 nitrogen and oxygen atoms in total. The minimum absolute atomic E-state index is 0.404. The first kappa shape index (κ1) is 13.3. The minimum atomic E-state index is -0.631. The largest absolute Gasteiger partial charge is 0.387 e. The van der Waals surface area contributed by atoms with Crippen molar-refractivity contribution < 1.29 is 5.11 Å². The van der Waals surface area contributed by atoms with E-state index < -0.39 is 5.60 Å². The molecule has 0 spiro atoms. The third-order valence-electron chi connectivity index (χ3n) is 4.52. The maximum atomic E-state index is 10.6. The molecule has 2 unspecified atom stereocenters. The second-order valence-corrected chi connectivity index (χ2v) is 5.86. The van der Waals surface area contributed by atoms with Crippen molar-refractivity contribution in [1.82, 2.24) is 9.80 Å². The van der Waals surface area contributed by atoms with Gasteiger partial charge in [0.15, 0.2) is 0 Å². The summed E-state index contributed by atoms with van der Waals surface area (Å²) in [6, 6.07) is 0.630. The summed E-state index contributed by atoms with van der Waals surface area (Å²) in [6.45, 7) is 6.63. The normalized spacial score (nSPS) is 31.4. The summed E-state index contributed by atoms with van der Waals surface area (Å²) >= 11 is 0. The summed E-state index contributed by atoms with van der Waals surface area (Å²) < 4.78 is 0. The highest BCUT2D eigenvalue weighted by Gasteiger charge is 2.44. The Morgan fingerprint density at radius 2 is 2.06 bits per heavy atom. The zero-order valence-electron chi connectivity index (χ0n) is 11.2. The lowest BCUT2D eigenvalue weighted by Gasteiger charge is -2.42. The van der Waals surface area contributed by atoms with Crippen LogP contribution in [0.3, 0.4) is 0 Å². The van der Waals surface area contributed by atoms with Crippen LogP contribution in [0.15, 0.2) is 0 Å². The van der Waals surface area contributed by atoms with Crippen LogP contribution in [-0.4, -0.2) is 66.3 Å². The number of nitrogens with zero attached hydrogens (tertiary/aromatic N) is 2. The summed E-state index contributed by atoms with van der Waals surface area (Å²) in [5.74, 6) is 0.451. The first-order valence-electron chi connectivity index (χ1n) is 6.94. The molecular weight excluding hydrogens is 214 g/mol. The van der Waals surface area contributed by atoms with Crippen LogP contribution in [0.2, 0.25) is 0 Å². The van der Waals surface area contributed by atoms with E-state index in [4.69, 9.17) is 5.73 Å². The Bertz CT molecular complexity index is 257. The topological polar surface area (TPSA) is 52.7 Å². The molecule has 2 atom stereocenters. The average molecular weight is 241 g/mol. The zero-order chi connectivity index (χ0) is 12.5. The lowest BCUT2D eigenvalue weighted by molar-refractivity contribution is -0.0272. The number of hydrogen-bond acceptors (Lipinski definition) is 4. The second-order valence-electron chi connectivity index (χ2n) is 5.86. The highest BCUT2D eigenvalue weighted by Crippen LogP contribution is 2.39. The van der Waals surface area contributed by atoms with Gasteiger partial charge in [0.2, 0.25) is 0 Å². The van der Waals surface area contributed by atoms with E-state index in [0.29, 0.717) is 18.5 Å². The first-order chi connectivity index (χ1) is 8.09. The molecule has 2 rings (SSSR count). The van der Waals surface area contributed by atoms with Crippen molar-refractivity contribution in [3.63, 3.8) is 0 Å². The van der Waals surface area contributed by atoms with E-state index in [1.165, 1.54) is 6.42 Å². The fourth-order valence-electron chi connectivity index (χ4n) is 2.96. The number of likely N-dealkylation sites (N-methyl/N-ethyl adjacent to an activating group) is 1. The standard InChI is InChI=1S/C13H27N3O/c1-3-12-8-16(7-6-15(12)2)10-13(17,9-14)11-4-5-11/h11-12,17H,3-10,14H2,1-2H3. The van der Waals surface area contributed by atoms with Crippen LogP contribution in [0.1, 0.15) is 26.2 Å². The predicted octanol–water partition coefficient (Wildman–Crippen LogP) is 0.112. The van der Waals surface area contributed by atoms with Crippen molar-refractivity contribution >= 4 is 0 Å². The maximum Gasteiger partial charge on any atom is 0.0923 e. The van der Waals surface area contributed by atoms with Crippen molar-refractivity contribution in [2.45, 2.75) is 37.8 Å². The number of β-amino-alcohol motifs (C(OH)–C–C–N with tert-alkyl or cyclic N) is 1. The molecule has 1 saturated carbocycles. The third kappa shape index (κ3) is 2.99. The molecule has 0 aromatic rings. The van der Waals surface area contributed by atoms with Crippen LogP contribution < -0.4 is 5.73 Å². The van der Waals surface area contributed by atoms with Crippen molar-refractivity contribution in [2.75, 3.05) is 39.8 Å². The molecule has 1 saturated heterocycles. The SMILES string of the molecule is CCC1CN(CC(O)(CN)C2CC2)CCN1C. The number of aliphatic hydroxyl groups is 1. The van der Waals surface area contributed by atoms with E-state index in [1.54, 1.807) is 0 Å². The quantitative estimate of drug-likeness (QED) is 0.717. The molecule has 1 aliphatic heterocycles. The molecule has 0 aromatic heterocycles. The van der Waals surface area contributed by atoms with Gasteiger partial charge >= 0.3 is 0 Å². The molecule has 0 aromatic carbocycles. The maximum absolute atomic E-state index is 10.6. The Hall–Kier alpha value is -0.160. The Kier molecular flexibility index (Phi) is 4.08. The van der Waals surface area contributed by atoms with Gasteiger partial charge in [0.05, 0.1) is 5.60 Å². The summed E-state index contributed by atoms with van der Waals surface area (Å²) in [5, 5.41) is 10.6. The fourth-order valence-corrected chi connectivity index (χ4v) is 2.96. The second kappa shape index (κ2) is 5.22. The molecule has 100 valence electrons. The summed E-state index contributed by atoms with van der Waals surface area (Å²) in [4.78, 5) is 4.83. The van der Waals surface area contributed by atoms with E-state index in [0.717, 1.165) is 39.0 Å². The van der Waals surface area contributed by atoms with Crippen molar-refractivity contribution in [3.8, 4) is 0 Å². The lowest BCUT2D eigenvalue weighted by Crippen LogP contribution is -2.57. The van der Waals surface area contributed by atoms with E-state index in [1.807, 2.05) is 0 Å². The molecule has 4 heteroatoms. The molecule has 2 fully saturated rings. The molecule has 1 aliphatic carbocycles. The molecular formula is C13H27N3O. The smallest absolute Gasteiger partial charge is 0.0923 e. The van der Waals surface area contributed by atoms with E-state index in [-0.39, 0.29) is 0 Å². The van der Waals surface area contributed by atoms with Crippen molar-refractivity contribution in [3.05, 3.63) is 0 Å². The van der Waals surface area contributed by atoms with Crippen LogP contribution >= 0.6 is 0 Å². The number of hydrogen-bond donors (Lipinski definition) is 2. The summed E-state index contributed by atoms with van der Waals surface area (Å²) in [6.07, 6.45) is 3.48.